The predicted molar refractivity (Wildman–Crippen MR) is 59.3 cm³/mol. The topological polar surface area (TPSA) is 42.9 Å². The zero-order valence-electron chi connectivity index (χ0n) is 8.13. The highest BCUT2D eigenvalue weighted by Gasteiger charge is 1.94. The number of carbonyl (C=O) groups is 1. The van der Waals surface area contributed by atoms with Gasteiger partial charge >= 0.3 is 0 Å². The molecule has 2 aromatic rings. The number of benzene rings is 1. The van der Waals surface area contributed by atoms with Crippen LogP contribution < -0.4 is 0 Å². The van der Waals surface area contributed by atoms with E-state index in [2.05, 4.69) is 9.97 Å². The van der Waals surface area contributed by atoms with E-state index in [9.17, 15) is 4.79 Å². The molecule has 0 bridgehead atoms. The number of aromatic nitrogens is 2. The third-order valence-electron chi connectivity index (χ3n) is 1.99. The molecule has 2 rings (SSSR count). The Labute approximate surface area is 87.5 Å². The van der Waals surface area contributed by atoms with Gasteiger partial charge in [0.25, 0.3) is 0 Å². The summed E-state index contributed by atoms with van der Waals surface area (Å²) >= 11 is 0. The van der Waals surface area contributed by atoms with Gasteiger partial charge in [-0.15, -0.1) is 0 Å². The van der Waals surface area contributed by atoms with Crippen molar-refractivity contribution in [3.8, 4) is 0 Å². The molecule has 1 heterocycles. The van der Waals surface area contributed by atoms with Gasteiger partial charge in [-0.05, 0) is 18.2 Å². The molecular weight excluding hydrogens is 188 g/mol. The van der Waals surface area contributed by atoms with E-state index in [0.717, 1.165) is 23.0 Å². The molecule has 0 aliphatic carbocycles. The van der Waals surface area contributed by atoms with E-state index < -0.39 is 0 Å². The second-order valence-corrected chi connectivity index (χ2v) is 3.09. The number of carbonyl (C=O) groups excluding carboxylic acids is 1. The highest BCUT2D eigenvalue weighted by molar-refractivity contribution is 5.74. The van der Waals surface area contributed by atoms with Crippen molar-refractivity contribution in [3.63, 3.8) is 0 Å². The molecule has 0 amide bonds. The average Bonchev–Trinajstić information content (AvgIpc) is 2.29. The highest BCUT2D eigenvalue weighted by atomic mass is 16.1. The van der Waals surface area contributed by atoms with Crippen LogP contribution in [0.25, 0.3) is 17.1 Å². The molecule has 0 spiro atoms. The van der Waals surface area contributed by atoms with Gasteiger partial charge in [-0.2, -0.15) is 0 Å². The summed E-state index contributed by atoms with van der Waals surface area (Å²) in [6, 6.07) is 7.69. The lowest BCUT2D eigenvalue weighted by molar-refractivity contribution is -0.107. The normalized spacial score (nSPS) is 10.9. The monoisotopic (exact) mass is 198 g/mol. The van der Waals surface area contributed by atoms with Crippen LogP contribution in [0.4, 0.5) is 0 Å². The van der Waals surface area contributed by atoms with E-state index in [1.165, 1.54) is 0 Å². The zero-order chi connectivity index (χ0) is 10.5. The SMILES string of the molecule is O=CCC=Cc1cnc2ccccc2n1. The fraction of sp³-hybridized carbons (Fsp3) is 0.0833. The molecule has 0 fully saturated rings. The summed E-state index contributed by atoms with van der Waals surface area (Å²) in [5.41, 5.74) is 2.52. The van der Waals surface area contributed by atoms with E-state index in [4.69, 9.17) is 0 Å². The molecular formula is C12H10N2O. The van der Waals surface area contributed by atoms with Gasteiger partial charge in [0.1, 0.15) is 6.29 Å². The summed E-state index contributed by atoms with van der Waals surface area (Å²) in [5.74, 6) is 0. The summed E-state index contributed by atoms with van der Waals surface area (Å²) in [6.07, 6.45) is 6.53. The molecule has 0 atom stereocenters. The zero-order valence-corrected chi connectivity index (χ0v) is 8.13. The summed E-state index contributed by atoms with van der Waals surface area (Å²) in [5, 5.41) is 0. The Hall–Kier alpha value is -2.03. The third-order valence-corrected chi connectivity index (χ3v) is 1.99. The van der Waals surface area contributed by atoms with Crippen molar-refractivity contribution in [2.45, 2.75) is 6.42 Å². The van der Waals surface area contributed by atoms with Crippen molar-refractivity contribution in [1.29, 1.82) is 0 Å². The third kappa shape index (κ3) is 2.26. The van der Waals surface area contributed by atoms with Gasteiger partial charge in [-0.1, -0.05) is 18.2 Å². The standard InChI is InChI=1S/C12H10N2O/c15-8-4-3-5-10-9-13-11-6-1-2-7-12(11)14-10/h1-3,5-9H,4H2. The number of hydrogen-bond acceptors (Lipinski definition) is 3. The van der Waals surface area contributed by atoms with E-state index in [1.54, 1.807) is 18.3 Å². The van der Waals surface area contributed by atoms with Crippen LogP contribution in [-0.4, -0.2) is 16.3 Å². The molecule has 1 aromatic heterocycles. The molecule has 0 aliphatic rings. The van der Waals surface area contributed by atoms with Crippen LogP contribution in [0, 0.1) is 0 Å². The fourth-order valence-electron chi connectivity index (χ4n) is 1.30. The van der Waals surface area contributed by atoms with Crippen molar-refractivity contribution >= 4 is 23.4 Å². The highest BCUT2D eigenvalue weighted by Crippen LogP contribution is 2.09. The summed E-state index contributed by atoms with van der Waals surface area (Å²) in [6.45, 7) is 0. The molecule has 0 radical (unpaired) electrons. The van der Waals surface area contributed by atoms with E-state index in [1.807, 2.05) is 24.3 Å². The van der Waals surface area contributed by atoms with Gasteiger partial charge in [0.05, 0.1) is 22.9 Å². The van der Waals surface area contributed by atoms with Gasteiger partial charge in [-0.25, -0.2) is 4.98 Å². The van der Waals surface area contributed by atoms with Crippen LogP contribution in [-0.2, 0) is 4.79 Å². The fourth-order valence-corrected chi connectivity index (χ4v) is 1.30. The smallest absolute Gasteiger partial charge is 0.123 e. The summed E-state index contributed by atoms with van der Waals surface area (Å²) in [7, 11) is 0. The molecule has 15 heavy (non-hydrogen) atoms. The molecule has 1 aromatic carbocycles. The Kier molecular flexibility index (Phi) is 2.83. The van der Waals surface area contributed by atoms with Crippen molar-refractivity contribution in [2.24, 2.45) is 0 Å². The maximum absolute atomic E-state index is 10.1. The average molecular weight is 198 g/mol. The lowest BCUT2D eigenvalue weighted by atomic mass is 10.3. The van der Waals surface area contributed by atoms with Crippen LogP contribution in [0.2, 0.25) is 0 Å². The molecule has 0 unspecified atom stereocenters. The Bertz CT molecular complexity index is 506. The van der Waals surface area contributed by atoms with Gasteiger partial charge in [0.15, 0.2) is 0 Å². The Morgan fingerprint density at radius 2 is 2.00 bits per heavy atom. The Morgan fingerprint density at radius 3 is 2.80 bits per heavy atom. The second kappa shape index (κ2) is 4.46. The Balaban J connectivity index is 2.34. The van der Waals surface area contributed by atoms with Gasteiger partial charge in [0.2, 0.25) is 0 Å². The molecule has 0 saturated carbocycles. The lowest BCUT2D eigenvalue weighted by Crippen LogP contribution is -1.86. The second-order valence-electron chi connectivity index (χ2n) is 3.09. The quantitative estimate of drug-likeness (QED) is 0.710. The van der Waals surface area contributed by atoms with E-state index in [-0.39, 0.29) is 0 Å². The predicted octanol–water partition coefficient (Wildman–Crippen LogP) is 2.23. The van der Waals surface area contributed by atoms with Crippen LogP contribution in [0.1, 0.15) is 12.1 Å². The minimum absolute atomic E-state index is 0.411. The number of allylic oxidation sites excluding steroid dienone is 1. The number of para-hydroxylation sites is 2. The first-order valence-electron chi connectivity index (χ1n) is 4.72. The molecule has 0 aliphatic heterocycles. The van der Waals surface area contributed by atoms with Crippen LogP contribution >= 0.6 is 0 Å². The summed E-state index contributed by atoms with van der Waals surface area (Å²) < 4.78 is 0. The Morgan fingerprint density at radius 1 is 1.20 bits per heavy atom. The lowest BCUT2D eigenvalue weighted by Gasteiger charge is -1.96. The van der Waals surface area contributed by atoms with Crippen molar-refractivity contribution < 1.29 is 4.79 Å². The van der Waals surface area contributed by atoms with Crippen molar-refractivity contribution in [2.75, 3.05) is 0 Å². The largest absolute Gasteiger partial charge is 0.303 e. The van der Waals surface area contributed by atoms with Crippen molar-refractivity contribution in [3.05, 3.63) is 42.2 Å². The van der Waals surface area contributed by atoms with E-state index in [0.29, 0.717) is 6.42 Å². The van der Waals surface area contributed by atoms with Crippen LogP contribution in [0.5, 0.6) is 0 Å². The maximum Gasteiger partial charge on any atom is 0.123 e. The van der Waals surface area contributed by atoms with Gasteiger partial charge < -0.3 is 4.79 Å². The number of hydrogen-bond donors (Lipinski definition) is 0. The number of nitrogens with zero attached hydrogens (tertiary/aromatic N) is 2. The van der Waals surface area contributed by atoms with Gasteiger partial charge in [0, 0.05) is 6.42 Å². The number of fused-ring (bicyclic) bond motifs is 1. The van der Waals surface area contributed by atoms with E-state index >= 15 is 0 Å². The maximum atomic E-state index is 10.1. The first-order chi connectivity index (χ1) is 7.40. The molecule has 0 N–H and O–H groups in total. The summed E-state index contributed by atoms with van der Waals surface area (Å²) in [4.78, 5) is 18.8. The van der Waals surface area contributed by atoms with Crippen molar-refractivity contribution in [1.82, 2.24) is 9.97 Å². The molecule has 0 saturated heterocycles. The number of rotatable bonds is 3. The van der Waals surface area contributed by atoms with Gasteiger partial charge in [-0.3, -0.25) is 4.98 Å². The minimum atomic E-state index is 0.411. The minimum Gasteiger partial charge on any atom is -0.303 e. The molecule has 3 heteroatoms. The van der Waals surface area contributed by atoms with Crippen LogP contribution in [0.15, 0.2) is 36.5 Å². The number of aldehydes is 1. The first kappa shape index (κ1) is 9.52. The first-order valence-corrected chi connectivity index (χ1v) is 4.72. The molecule has 3 nitrogen and oxygen atoms in total. The molecule has 74 valence electrons. The van der Waals surface area contributed by atoms with Crippen LogP contribution in [0.3, 0.4) is 0 Å².